The van der Waals surface area contributed by atoms with Gasteiger partial charge in [-0.25, -0.2) is 9.78 Å². The highest BCUT2D eigenvalue weighted by Gasteiger charge is 2.26. The lowest BCUT2D eigenvalue weighted by Gasteiger charge is -2.11. The minimum Gasteiger partial charge on any atom is -0.462 e. The number of aromatic nitrogens is 1. The van der Waals surface area contributed by atoms with E-state index in [0.717, 1.165) is 28.0 Å². The first kappa shape index (κ1) is 24.1. The number of aryl methyl sites for hydroxylation is 2. The first-order chi connectivity index (χ1) is 16.7. The van der Waals surface area contributed by atoms with Crippen LogP contribution in [0, 0.1) is 20.8 Å². The number of carbonyl (C=O) groups is 3. The molecule has 0 bridgehead atoms. The lowest BCUT2D eigenvalue weighted by Crippen LogP contribution is -2.18. The normalized spacial score (nSPS) is 10.9. The van der Waals surface area contributed by atoms with E-state index in [2.05, 4.69) is 5.32 Å². The Kier molecular flexibility index (Phi) is 6.66. The van der Waals surface area contributed by atoms with Crippen LogP contribution in [-0.2, 0) is 4.74 Å². The second-order valence-electron chi connectivity index (χ2n) is 8.17. The minimum absolute atomic E-state index is 0.0964. The highest BCUT2D eigenvalue weighted by molar-refractivity contribution is 7.18. The van der Waals surface area contributed by atoms with Crippen molar-refractivity contribution in [1.29, 1.82) is 0 Å². The number of rotatable bonds is 6. The topological polar surface area (TPSA) is 111 Å². The molecule has 2 heterocycles. The second kappa shape index (κ2) is 9.68. The molecule has 3 N–H and O–H groups in total. The van der Waals surface area contributed by atoms with E-state index < -0.39 is 17.8 Å². The largest absolute Gasteiger partial charge is 0.462 e. The summed E-state index contributed by atoms with van der Waals surface area (Å²) in [6.07, 6.45) is 0. The van der Waals surface area contributed by atoms with Crippen LogP contribution in [0.5, 0.6) is 0 Å². The molecule has 0 aliphatic rings. The van der Waals surface area contributed by atoms with E-state index >= 15 is 0 Å². The van der Waals surface area contributed by atoms with Crippen molar-refractivity contribution in [3.8, 4) is 11.3 Å². The van der Waals surface area contributed by atoms with E-state index in [4.69, 9.17) is 15.5 Å². The number of amides is 2. The van der Waals surface area contributed by atoms with E-state index in [1.54, 1.807) is 19.9 Å². The number of thiophene rings is 1. The number of esters is 1. The number of nitrogens with two attached hydrogens (primary N) is 1. The second-order valence-corrected chi connectivity index (χ2v) is 9.19. The van der Waals surface area contributed by atoms with E-state index in [1.807, 2.05) is 56.3 Å². The molecule has 0 radical (unpaired) electrons. The van der Waals surface area contributed by atoms with Gasteiger partial charge in [0.15, 0.2) is 0 Å². The molecule has 2 amide bonds. The molecule has 2 aromatic heterocycles. The van der Waals surface area contributed by atoms with Crippen molar-refractivity contribution < 1.29 is 19.1 Å². The summed E-state index contributed by atoms with van der Waals surface area (Å²) in [5.41, 5.74) is 11.0. The smallest absolute Gasteiger partial charge is 0.348 e. The molecule has 0 atom stereocenters. The minimum atomic E-state index is -0.736. The van der Waals surface area contributed by atoms with Crippen molar-refractivity contribution in [3.63, 3.8) is 0 Å². The summed E-state index contributed by atoms with van der Waals surface area (Å²) in [4.78, 5) is 43.0. The zero-order chi connectivity index (χ0) is 25.3. The zero-order valence-corrected chi connectivity index (χ0v) is 20.7. The van der Waals surface area contributed by atoms with Crippen molar-refractivity contribution >= 4 is 45.0 Å². The van der Waals surface area contributed by atoms with Gasteiger partial charge in [0.1, 0.15) is 9.88 Å². The Labute approximate surface area is 206 Å². The Balaban J connectivity index is 1.81. The first-order valence-corrected chi connectivity index (χ1v) is 11.9. The third kappa shape index (κ3) is 4.65. The van der Waals surface area contributed by atoms with Crippen molar-refractivity contribution in [2.24, 2.45) is 5.73 Å². The summed E-state index contributed by atoms with van der Waals surface area (Å²) >= 11 is 0.972. The molecule has 35 heavy (non-hydrogen) atoms. The summed E-state index contributed by atoms with van der Waals surface area (Å²) in [5.74, 6) is -1.74. The molecule has 2 aromatic carbocycles. The summed E-state index contributed by atoms with van der Waals surface area (Å²) in [5, 5.41) is 3.67. The van der Waals surface area contributed by atoms with Crippen LogP contribution in [0.25, 0.3) is 22.2 Å². The fourth-order valence-electron chi connectivity index (χ4n) is 3.87. The number of pyridine rings is 1. The molecule has 0 saturated heterocycles. The van der Waals surface area contributed by atoms with Gasteiger partial charge in [0.25, 0.3) is 11.8 Å². The third-order valence-corrected chi connectivity index (χ3v) is 7.03. The van der Waals surface area contributed by atoms with Crippen molar-refractivity contribution in [2.45, 2.75) is 27.7 Å². The maximum absolute atomic E-state index is 13.5. The van der Waals surface area contributed by atoms with E-state index in [0.29, 0.717) is 27.7 Å². The fraction of sp³-hybridized carbons (Fsp3) is 0.185. The molecule has 0 spiro atoms. The zero-order valence-electron chi connectivity index (χ0n) is 19.9. The lowest BCUT2D eigenvalue weighted by molar-refractivity contribution is 0.0531. The van der Waals surface area contributed by atoms with Crippen LogP contribution >= 0.6 is 11.3 Å². The van der Waals surface area contributed by atoms with Gasteiger partial charge in [-0.05, 0) is 62.6 Å². The lowest BCUT2D eigenvalue weighted by atomic mass is 10.0. The number of anilines is 1. The average Bonchev–Trinajstić information content (AvgIpc) is 3.16. The number of hydrogen-bond donors (Lipinski definition) is 2. The average molecular weight is 488 g/mol. The van der Waals surface area contributed by atoms with Crippen LogP contribution in [-0.4, -0.2) is 29.4 Å². The summed E-state index contributed by atoms with van der Waals surface area (Å²) < 4.78 is 5.09. The number of nitrogens with one attached hydrogen (secondary N) is 1. The maximum atomic E-state index is 13.5. The van der Waals surface area contributed by atoms with E-state index in [-0.39, 0.29) is 22.0 Å². The molecule has 0 fully saturated rings. The summed E-state index contributed by atoms with van der Waals surface area (Å²) in [6.45, 7) is 7.56. The van der Waals surface area contributed by atoms with Gasteiger partial charge in [0.05, 0.1) is 28.9 Å². The molecule has 0 aliphatic carbocycles. The van der Waals surface area contributed by atoms with Crippen molar-refractivity contribution in [2.75, 3.05) is 11.9 Å². The molecule has 4 rings (SSSR count). The van der Waals surface area contributed by atoms with Crippen LogP contribution in [0.4, 0.5) is 5.00 Å². The van der Waals surface area contributed by atoms with Gasteiger partial charge in [-0.15, -0.1) is 11.3 Å². The molecule has 178 valence electrons. The SMILES string of the molecule is CCOC(=O)c1sc(NC(=O)c2cc(-c3ccc(C)c(C)c3)nc3ccccc23)c(C(N)=O)c1C. The Morgan fingerprint density at radius 3 is 2.46 bits per heavy atom. The van der Waals surface area contributed by atoms with Crippen molar-refractivity contribution in [1.82, 2.24) is 4.98 Å². The Hall–Kier alpha value is -4.04. The van der Waals surface area contributed by atoms with Crippen molar-refractivity contribution in [3.05, 3.63) is 81.2 Å². The molecule has 8 heteroatoms. The van der Waals surface area contributed by atoms with Gasteiger partial charge in [-0.3, -0.25) is 9.59 Å². The van der Waals surface area contributed by atoms with Gasteiger partial charge in [-0.2, -0.15) is 0 Å². The fourth-order valence-corrected chi connectivity index (χ4v) is 4.97. The molecular formula is C27H25N3O4S. The molecule has 0 unspecified atom stereocenters. The predicted molar refractivity (Wildman–Crippen MR) is 138 cm³/mol. The van der Waals surface area contributed by atoms with Crippen LogP contribution in [0.2, 0.25) is 0 Å². The number of ether oxygens (including phenoxy) is 1. The maximum Gasteiger partial charge on any atom is 0.348 e. The number of primary amides is 1. The molecule has 7 nitrogen and oxygen atoms in total. The highest BCUT2D eigenvalue weighted by Crippen LogP contribution is 2.34. The third-order valence-electron chi connectivity index (χ3n) is 5.84. The predicted octanol–water partition coefficient (Wildman–Crippen LogP) is 5.42. The Morgan fingerprint density at radius 2 is 1.77 bits per heavy atom. The first-order valence-electron chi connectivity index (χ1n) is 11.1. The monoisotopic (exact) mass is 487 g/mol. The molecule has 4 aromatic rings. The van der Waals surface area contributed by atoms with E-state index in [9.17, 15) is 14.4 Å². The van der Waals surface area contributed by atoms with Gasteiger partial charge < -0.3 is 15.8 Å². The number of fused-ring (bicyclic) bond motifs is 1. The van der Waals surface area contributed by atoms with Gasteiger partial charge in [0.2, 0.25) is 0 Å². The van der Waals surface area contributed by atoms with Gasteiger partial charge in [0, 0.05) is 10.9 Å². The summed E-state index contributed by atoms with van der Waals surface area (Å²) in [6, 6.07) is 15.1. The van der Waals surface area contributed by atoms with Gasteiger partial charge in [-0.1, -0.05) is 30.3 Å². The Bertz CT molecular complexity index is 1490. The number of para-hydroxylation sites is 1. The number of carbonyl (C=O) groups excluding carboxylic acids is 3. The summed E-state index contributed by atoms with van der Waals surface area (Å²) in [7, 11) is 0. The standard InChI is InChI=1S/C27H25N3O4S/c1-5-34-27(33)23-16(4)22(24(28)31)26(35-23)30-25(32)19-13-21(17-11-10-14(2)15(3)12-17)29-20-9-7-6-8-18(19)20/h6-13H,5H2,1-4H3,(H2,28,31)(H,30,32). The van der Waals surface area contributed by atoms with Crippen LogP contribution in [0.3, 0.4) is 0 Å². The van der Waals surface area contributed by atoms with Gasteiger partial charge >= 0.3 is 5.97 Å². The highest BCUT2D eigenvalue weighted by atomic mass is 32.1. The molecule has 0 aliphatic heterocycles. The number of hydrogen-bond acceptors (Lipinski definition) is 6. The molecular weight excluding hydrogens is 462 g/mol. The van der Waals surface area contributed by atoms with E-state index in [1.165, 1.54) is 0 Å². The quantitative estimate of drug-likeness (QED) is 0.353. The van der Waals surface area contributed by atoms with Crippen LogP contribution in [0.15, 0.2) is 48.5 Å². The van der Waals surface area contributed by atoms with Crippen LogP contribution < -0.4 is 11.1 Å². The number of benzene rings is 2. The number of nitrogens with zero attached hydrogens (tertiary/aromatic N) is 1. The Morgan fingerprint density at radius 1 is 1.03 bits per heavy atom. The molecule has 0 saturated carbocycles. The van der Waals surface area contributed by atoms with Crippen LogP contribution in [0.1, 0.15) is 54.0 Å².